The summed E-state index contributed by atoms with van der Waals surface area (Å²) in [4.78, 5) is 11.9. The van der Waals surface area contributed by atoms with Gasteiger partial charge in [0.25, 0.3) is 6.43 Å². The maximum absolute atomic E-state index is 12.3. The molecule has 0 aliphatic heterocycles. The largest absolute Gasteiger partial charge is 0.280 e. The minimum atomic E-state index is -2.55. The van der Waals surface area contributed by atoms with E-state index < -0.39 is 6.43 Å². The summed E-state index contributed by atoms with van der Waals surface area (Å²) in [6.07, 6.45) is 0.432. The van der Waals surface area contributed by atoms with Gasteiger partial charge in [0, 0.05) is 23.7 Å². The van der Waals surface area contributed by atoms with Gasteiger partial charge in [-0.15, -0.1) is 0 Å². The lowest BCUT2D eigenvalue weighted by atomic mass is 10.2. The first kappa shape index (κ1) is 10.6. The topological polar surface area (TPSA) is 38.7 Å². The zero-order valence-electron chi connectivity index (χ0n) is 8.56. The molecule has 0 fully saturated rings. The van der Waals surface area contributed by atoms with Crippen molar-refractivity contribution in [2.24, 2.45) is 0 Å². The molecule has 3 nitrogen and oxygen atoms in total. The Labute approximate surface area is 91.2 Å². The molecule has 0 amide bonds. The number of alkyl halides is 2. The van der Waals surface area contributed by atoms with Crippen molar-refractivity contribution in [3.8, 4) is 11.4 Å². The second-order valence-corrected chi connectivity index (χ2v) is 3.29. The molecule has 0 N–H and O–H groups in total. The van der Waals surface area contributed by atoms with Crippen LogP contribution in [0.4, 0.5) is 8.78 Å². The van der Waals surface area contributed by atoms with Crippen LogP contribution in [0.15, 0.2) is 30.6 Å². The first-order chi connectivity index (χ1) is 7.66. The molecule has 0 spiro atoms. The van der Waals surface area contributed by atoms with Gasteiger partial charge in [-0.05, 0) is 25.1 Å². The van der Waals surface area contributed by atoms with Crippen molar-refractivity contribution in [2.75, 3.05) is 0 Å². The van der Waals surface area contributed by atoms with E-state index in [1.54, 1.807) is 18.3 Å². The molecular weight excluding hydrogens is 212 g/mol. The first-order valence-electron chi connectivity index (χ1n) is 4.71. The molecule has 82 valence electrons. The Morgan fingerprint density at radius 2 is 1.94 bits per heavy atom. The fraction of sp³-hybridized carbons (Fsp3) is 0.182. The van der Waals surface area contributed by atoms with Crippen molar-refractivity contribution in [3.63, 3.8) is 0 Å². The summed E-state index contributed by atoms with van der Waals surface area (Å²) in [7, 11) is 0. The molecular formula is C11H9F2N3. The molecule has 2 rings (SSSR count). The standard InChI is InChI=1S/C11H9F2N3/c1-7-4-5-14-11(16-7)8-2-3-9(10(12)13)15-6-8/h2-6,10H,1H3. The zero-order chi connectivity index (χ0) is 11.5. The zero-order valence-corrected chi connectivity index (χ0v) is 8.56. The van der Waals surface area contributed by atoms with E-state index in [9.17, 15) is 8.78 Å². The number of aryl methyl sites for hydroxylation is 1. The van der Waals surface area contributed by atoms with E-state index in [1.165, 1.54) is 12.3 Å². The maximum atomic E-state index is 12.3. The predicted octanol–water partition coefficient (Wildman–Crippen LogP) is 2.78. The molecule has 0 unspecified atom stereocenters. The molecule has 16 heavy (non-hydrogen) atoms. The summed E-state index contributed by atoms with van der Waals surface area (Å²) in [5, 5.41) is 0. The summed E-state index contributed by atoms with van der Waals surface area (Å²) in [5.41, 5.74) is 1.22. The molecule has 2 heterocycles. The number of aromatic nitrogens is 3. The van der Waals surface area contributed by atoms with Gasteiger partial charge in [-0.2, -0.15) is 0 Å². The van der Waals surface area contributed by atoms with Crippen LogP contribution < -0.4 is 0 Å². The molecule has 0 saturated heterocycles. The number of nitrogens with zero attached hydrogens (tertiary/aromatic N) is 3. The molecule has 0 aliphatic carbocycles. The third-order valence-corrected chi connectivity index (χ3v) is 2.06. The second-order valence-electron chi connectivity index (χ2n) is 3.29. The summed E-state index contributed by atoms with van der Waals surface area (Å²) in [6.45, 7) is 1.84. The van der Waals surface area contributed by atoms with Crippen LogP contribution in [0.25, 0.3) is 11.4 Å². The van der Waals surface area contributed by atoms with Gasteiger partial charge in [-0.1, -0.05) is 0 Å². The van der Waals surface area contributed by atoms with Crippen LogP contribution in [-0.4, -0.2) is 15.0 Å². The van der Waals surface area contributed by atoms with E-state index in [2.05, 4.69) is 15.0 Å². The fourth-order valence-corrected chi connectivity index (χ4v) is 1.25. The van der Waals surface area contributed by atoms with Crippen LogP contribution in [0.1, 0.15) is 17.8 Å². The molecule has 2 aromatic heterocycles. The quantitative estimate of drug-likeness (QED) is 0.782. The number of rotatable bonds is 2. The Kier molecular flexibility index (Phi) is 2.85. The van der Waals surface area contributed by atoms with Gasteiger partial charge in [0.1, 0.15) is 5.69 Å². The molecule has 0 bridgehead atoms. The lowest BCUT2D eigenvalue weighted by molar-refractivity contribution is 0.146. The summed E-state index contributed by atoms with van der Waals surface area (Å²) >= 11 is 0. The van der Waals surface area contributed by atoms with Crippen molar-refractivity contribution >= 4 is 0 Å². The summed E-state index contributed by atoms with van der Waals surface area (Å²) < 4.78 is 24.5. The summed E-state index contributed by atoms with van der Waals surface area (Å²) in [6, 6.07) is 4.60. The number of pyridine rings is 1. The lowest BCUT2D eigenvalue weighted by Crippen LogP contribution is -1.93. The van der Waals surface area contributed by atoms with Gasteiger partial charge in [0.2, 0.25) is 0 Å². The Morgan fingerprint density at radius 1 is 1.12 bits per heavy atom. The van der Waals surface area contributed by atoms with E-state index in [-0.39, 0.29) is 5.69 Å². The third-order valence-electron chi connectivity index (χ3n) is 2.06. The van der Waals surface area contributed by atoms with Gasteiger partial charge < -0.3 is 0 Å². The van der Waals surface area contributed by atoms with E-state index >= 15 is 0 Å². The SMILES string of the molecule is Cc1ccnc(-c2ccc(C(F)F)nc2)n1. The van der Waals surface area contributed by atoms with Crippen LogP contribution in [0, 0.1) is 6.92 Å². The minimum absolute atomic E-state index is 0.239. The smallest absolute Gasteiger partial charge is 0.255 e. The van der Waals surface area contributed by atoms with Gasteiger partial charge in [0.05, 0.1) is 0 Å². The Morgan fingerprint density at radius 3 is 2.50 bits per heavy atom. The molecule has 0 saturated carbocycles. The van der Waals surface area contributed by atoms with Crippen LogP contribution in [0.2, 0.25) is 0 Å². The van der Waals surface area contributed by atoms with Gasteiger partial charge >= 0.3 is 0 Å². The van der Waals surface area contributed by atoms with Crippen LogP contribution in [0.3, 0.4) is 0 Å². The third kappa shape index (κ3) is 2.18. The van der Waals surface area contributed by atoms with Crippen LogP contribution >= 0.6 is 0 Å². The number of hydrogen-bond donors (Lipinski definition) is 0. The number of halogens is 2. The van der Waals surface area contributed by atoms with Crippen molar-refractivity contribution in [2.45, 2.75) is 13.3 Å². The van der Waals surface area contributed by atoms with Crippen molar-refractivity contribution in [1.29, 1.82) is 0 Å². The monoisotopic (exact) mass is 221 g/mol. The fourth-order valence-electron chi connectivity index (χ4n) is 1.25. The van der Waals surface area contributed by atoms with Gasteiger partial charge in [-0.25, -0.2) is 18.7 Å². The highest BCUT2D eigenvalue weighted by molar-refractivity contribution is 5.53. The minimum Gasteiger partial charge on any atom is -0.255 e. The second kappa shape index (κ2) is 4.30. The lowest BCUT2D eigenvalue weighted by Gasteiger charge is -2.02. The van der Waals surface area contributed by atoms with Crippen molar-refractivity contribution in [3.05, 3.63) is 42.0 Å². The summed E-state index contributed by atoms with van der Waals surface area (Å²) in [5.74, 6) is 0.494. The average Bonchev–Trinajstić information content (AvgIpc) is 2.29. The number of hydrogen-bond acceptors (Lipinski definition) is 3. The molecule has 0 aromatic carbocycles. The van der Waals surface area contributed by atoms with E-state index in [0.29, 0.717) is 11.4 Å². The van der Waals surface area contributed by atoms with E-state index in [4.69, 9.17) is 0 Å². The Hall–Kier alpha value is -1.91. The molecule has 2 aromatic rings. The molecule has 0 atom stereocenters. The highest BCUT2D eigenvalue weighted by atomic mass is 19.3. The van der Waals surface area contributed by atoms with E-state index in [1.807, 2.05) is 6.92 Å². The highest BCUT2D eigenvalue weighted by Gasteiger charge is 2.09. The van der Waals surface area contributed by atoms with Gasteiger partial charge in [0.15, 0.2) is 5.82 Å². The normalized spacial score (nSPS) is 10.8. The van der Waals surface area contributed by atoms with Crippen molar-refractivity contribution in [1.82, 2.24) is 15.0 Å². The predicted molar refractivity (Wildman–Crippen MR) is 55.0 cm³/mol. The maximum Gasteiger partial charge on any atom is 0.280 e. The van der Waals surface area contributed by atoms with Crippen molar-refractivity contribution < 1.29 is 8.78 Å². The molecule has 0 radical (unpaired) electrons. The Balaban J connectivity index is 2.35. The molecule has 0 aliphatic rings. The Bertz CT molecular complexity index is 483. The molecule has 5 heteroatoms. The van der Waals surface area contributed by atoms with Gasteiger partial charge in [-0.3, -0.25) is 4.98 Å². The highest BCUT2D eigenvalue weighted by Crippen LogP contribution is 2.19. The van der Waals surface area contributed by atoms with Crippen LogP contribution in [-0.2, 0) is 0 Å². The average molecular weight is 221 g/mol. The first-order valence-corrected chi connectivity index (χ1v) is 4.71. The van der Waals surface area contributed by atoms with E-state index in [0.717, 1.165) is 5.69 Å². The van der Waals surface area contributed by atoms with Crippen LogP contribution in [0.5, 0.6) is 0 Å².